The number of imide groups is 1. The van der Waals surface area contributed by atoms with E-state index >= 15 is 0 Å². The van der Waals surface area contributed by atoms with E-state index in [1.807, 2.05) is 26.0 Å². The van der Waals surface area contributed by atoms with Crippen LogP contribution in [0.1, 0.15) is 22.3 Å². The fraction of sp³-hybridized carbons (Fsp3) is 0.207. The highest BCUT2D eigenvalue weighted by atomic mass is 79.9. The molecule has 5 rings (SSSR count). The third-order valence-electron chi connectivity index (χ3n) is 6.58. The second-order valence-electron chi connectivity index (χ2n) is 9.16. The average molecular weight is 660 g/mol. The molecule has 12 heteroatoms. The molecule has 3 amide bonds. The van der Waals surface area contributed by atoms with Crippen molar-refractivity contribution < 1.29 is 33.3 Å². The van der Waals surface area contributed by atoms with Gasteiger partial charge in [-0.3, -0.25) is 19.3 Å². The Kier molecular flexibility index (Phi) is 8.48. The molecule has 0 aliphatic carbocycles. The van der Waals surface area contributed by atoms with Crippen LogP contribution in [0.25, 0.3) is 6.08 Å². The maximum atomic E-state index is 13.1. The van der Waals surface area contributed by atoms with Crippen molar-refractivity contribution in [3.8, 4) is 23.0 Å². The number of amides is 3. The smallest absolute Gasteiger partial charge is 0.293 e. The molecule has 3 aromatic carbocycles. The van der Waals surface area contributed by atoms with Gasteiger partial charge < -0.3 is 24.3 Å². The van der Waals surface area contributed by atoms with E-state index in [1.54, 1.807) is 36.4 Å². The molecule has 0 aromatic heterocycles. The zero-order valence-electron chi connectivity index (χ0n) is 22.2. The summed E-state index contributed by atoms with van der Waals surface area (Å²) in [6.07, 6.45) is 1.60. The first-order valence-electron chi connectivity index (χ1n) is 12.3. The van der Waals surface area contributed by atoms with Crippen LogP contribution in [0.3, 0.4) is 0 Å². The van der Waals surface area contributed by atoms with Gasteiger partial charge in [0.15, 0.2) is 29.6 Å². The average Bonchev–Trinajstić information content (AvgIpc) is 3.51. The van der Waals surface area contributed by atoms with E-state index in [-0.39, 0.29) is 30.8 Å². The van der Waals surface area contributed by atoms with Crippen LogP contribution in [0.2, 0.25) is 5.02 Å². The summed E-state index contributed by atoms with van der Waals surface area (Å²) < 4.78 is 22.8. The SMILES string of the molecule is COc1cc(/C=C2\SC(=O)N(Cc3cc4c(cc3Cl)OCO4)C2=O)ccc1OCC(=O)Nc1ccc(Br)c(C)c1C. The Hall–Kier alpha value is -3.67. The molecule has 0 saturated carbocycles. The van der Waals surface area contributed by atoms with Crippen LogP contribution < -0.4 is 24.3 Å². The van der Waals surface area contributed by atoms with Gasteiger partial charge >= 0.3 is 0 Å². The molecule has 1 saturated heterocycles. The summed E-state index contributed by atoms with van der Waals surface area (Å²) >= 11 is 10.7. The van der Waals surface area contributed by atoms with Gasteiger partial charge in [0, 0.05) is 21.2 Å². The predicted octanol–water partition coefficient (Wildman–Crippen LogP) is 6.71. The highest BCUT2D eigenvalue weighted by Gasteiger charge is 2.36. The van der Waals surface area contributed by atoms with Gasteiger partial charge in [-0.15, -0.1) is 0 Å². The maximum absolute atomic E-state index is 13.1. The van der Waals surface area contributed by atoms with Crippen LogP contribution >= 0.6 is 39.3 Å². The quantitative estimate of drug-likeness (QED) is 0.266. The number of hydrogen-bond acceptors (Lipinski definition) is 8. The van der Waals surface area contributed by atoms with E-state index in [9.17, 15) is 14.4 Å². The Balaban J connectivity index is 1.25. The number of benzene rings is 3. The van der Waals surface area contributed by atoms with E-state index in [1.165, 1.54) is 7.11 Å². The van der Waals surface area contributed by atoms with Crippen molar-refractivity contribution in [3.05, 3.63) is 79.1 Å². The molecule has 0 atom stereocenters. The molecular formula is C29H24BrClN2O7S. The molecule has 3 aromatic rings. The first kappa shape index (κ1) is 28.8. The zero-order valence-corrected chi connectivity index (χ0v) is 25.4. The standard InChI is InChI=1S/C29H24BrClN2O7S/c1-15-16(2)21(6-5-19(15)30)32-27(34)13-38-22-7-4-17(8-23(22)37-3)9-26-28(35)33(29(36)41-26)12-18-10-24-25(11-20(18)31)40-14-39-24/h4-11H,12-14H2,1-3H3,(H,32,34)/b26-9-. The largest absolute Gasteiger partial charge is 0.493 e. The number of anilines is 1. The van der Waals surface area contributed by atoms with Crippen molar-refractivity contribution >= 4 is 68.1 Å². The van der Waals surface area contributed by atoms with Crippen molar-refractivity contribution in [3.63, 3.8) is 0 Å². The second-order valence-corrected chi connectivity index (χ2v) is 11.4. The molecule has 212 valence electrons. The van der Waals surface area contributed by atoms with Gasteiger partial charge in [-0.1, -0.05) is 33.6 Å². The number of methoxy groups -OCH3 is 1. The van der Waals surface area contributed by atoms with Crippen molar-refractivity contribution in [2.75, 3.05) is 25.8 Å². The van der Waals surface area contributed by atoms with Crippen LogP contribution in [-0.4, -0.2) is 42.5 Å². The van der Waals surface area contributed by atoms with Crippen molar-refractivity contribution in [1.82, 2.24) is 4.90 Å². The van der Waals surface area contributed by atoms with Crippen LogP contribution in [0, 0.1) is 13.8 Å². The summed E-state index contributed by atoms with van der Waals surface area (Å²) in [4.78, 5) is 39.7. The first-order chi connectivity index (χ1) is 19.6. The third kappa shape index (κ3) is 6.17. The zero-order chi connectivity index (χ0) is 29.3. The van der Waals surface area contributed by atoms with Crippen LogP contribution in [0.5, 0.6) is 23.0 Å². The van der Waals surface area contributed by atoms with Gasteiger partial charge in [-0.25, -0.2) is 0 Å². The molecule has 2 heterocycles. The number of ether oxygens (including phenoxy) is 4. The molecule has 1 fully saturated rings. The highest BCUT2D eigenvalue weighted by molar-refractivity contribution is 9.10. The van der Waals surface area contributed by atoms with Crippen LogP contribution in [0.4, 0.5) is 10.5 Å². The number of rotatable bonds is 8. The Bertz CT molecular complexity index is 1610. The summed E-state index contributed by atoms with van der Waals surface area (Å²) in [5, 5.41) is 2.81. The second kappa shape index (κ2) is 12.1. The Morgan fingerprint density at radius 1 is 1.10 bits per heavy atom. The number of nitrogens with one attached hydrogen (secondary N) is 1. The molecule has 0 spiro atoms. The number of carbonyl (C=O) groups is 3. The van der Waals surface area contributed by atoms with Gasteiger partial charge in [0.05, 0.1) is 18.6 Å². The molecule has 0 unspecified atom stereocenters. The number of carbonyl (C=O) groups excluding carboxylic acids is 3. The topological polar surface area (TPSA) is 103 Å². The minimum atomic E-state index is -0.442. The van der Waals surface area contributed by atoms with Crippen LogP contribution in [0.15, 0.2) is 51.8 Å². The van der Waals surface area contributed by atoms with Gasteiger partial charge in [0.25, 0.3) is 17.1 Å². The molecule has 9 nitrogen and oxygen atoms in total. The lowest BCUT2D eigenvalue weighted by Gasteiger charge is -2.14. The summed E-state index contributed by atoms with van der Waals surface area (Å²) in [6.45, 7) is 3.75. The van der Waals surface area contributed by atoms with Crippen molar-refractivity contribution in [1.29, 1.82) is 0 Å². The summed E-state index contributed by atoms with van der Waals surface area (Å²) in [6, 6.07) is 12.0. The molecule has 2 aliphatic rings. The van der Waals surface area contributed by atoms with Gasteiger partial charge in [-0.05, 0) is 84.3 Å². The van der Waals surface area contributed by atoms with E-state index in [0.29, 0.717) is 44.8 Å². The molecule has 1 N–H and O–H groups in total. The molecular weight excluding hydrogens is 636 g/mol. The maximum Gasteiger partial charge on any atom is 0.293 e. The summed E-state index contributed by atoms with van der Waals surface area (Å²) in [5.41, 5.74) is 3.88. The number of hydrogen-bond donors (Lipinski definition) is 1. The number of fused-ring (bicyclic) bond motifs is 1. The lowest BCUT2D eigenvalue weighted by molar-refractivity contribution is -0.123. The minimum absolute atomic E-state index is 0.00497. The van der Waals surface area contributed by atoms with E-state index in [0.717, 1.165) is 32.3 Å². The number of nitrogens with zero attached hydrogens (tertiary/aromatic N) is 1. The Morgan fingerprint density at radius 3 is 2.61 bits per heavy atom. The Morgan fingerprint density at radius 2 is 1.85 bits per heavy atom. The minimum Gasteiger partial charge on any atom is -0.493 e. The fourth-order valence-corrected chi connectivity index (χ4v) is 5.67. The number of thioether (sulfide) groups is 1. The van der Waals surface area contributed by atoms with E-state index < -0.39 is 11.1 Å². The van der Waals surface area contributed by atoms with E-state index in [2.05, 4.69) is 21.2 Å². The lowest BCUT2D eigenvalue weighted by Crippen LogP contribution is -2.27. The fourth-order valence-electron chi connectivity index (χ4n) is 4.18. The van der Waals surface area contributed by atoms with Crippen molar-refractivity contribution in [2.24, 2.45) is 0 Å². The highest BCUT2D eigenvalue weighted by Crippen LogP contribution is 2.40. The normalized spacial score (nSPS) is 15.0. The monoisotopic (exact) mass is 658 g/mol. The van der Waals surface area contributed by atoms with Crippen LogP contribution in [-0.2, 0) is 16.1 Å². The predicted molar refractivity (Wildman–Crippen MR) is 160 cm³/mol. The first-order valence-corrected chi connectivity index (χ1v) is 14.3. The van der Waals surface area contributed by atoms with Gasteiger partial charge in [0.2, 0.25) is 6.79 Å². The third-order valence-corrected chi connectivity index (χ3v) is 8.70. The van der Waals surface area contributed by atoms with Gasteiger partial charge in [0.1, 0.15) is 0 Å². The van der Waals surface area contributed by atoms with Crippen molar-refractivity contribution in [2.45, 2.75) is 20.4 Å². The molecule has 0 radical (unpaired) electrons. The Labute approximate surface area is 253 Å². The number of halogens is 2. The van der Waals surface area contributed by atoms with E-state index in [4.69, 9.17) is 30.5 Å². The lowest BCUT2D eigenvalue weighted by atomic mass is 10.1. The summed E-state index contributed by atoms with van der Waals surface area (Å²) in [7, 11) is 1.48. The molecule has 2 aliphatic heterocycles. The van der Waals surface area contributed by atoms with Gasteiger partial charge in [-0.2, -0.15) is 0 Å². The summed E-state index contributed by atoms with van der Waals surface area (Å²) in [5.74, 6) is 0.991. The molecule has 41 heavy (non-hydrogen) atoms. The molecule has 0 bridgehead atoms.